The molecular weight excluding hydrogens is 292 g/mol. The first-order valence-electron chi connectivity index (χ1n) is 5.02. The summed E-state index contributed by atoms with van der Waals surface area (Å²) in [6.07, 6.45) is 0. The van der Waals surface area contributed by atoms with E-state index in [9.17, 15) is 8.42 Å². The Balaban J connectivity index is 2.37. The summed E-state index contributed by atoms with van der Waals surface area (Å²) in [5.41, 5.74) is 7.11. The number of nitrogens with two attached hydrogens (primary N) is 1. The summed E-state index contributed by atoms with van der Waals surface area (Å²) in [7, 11) is -3.60. The van der Waals surface area contributed by atoms with E-state index in [4.69, 9.17) is 17.3 Å². The third-order valence-corrected chi connectivity index (χ3v) is 5.61. The van der Waals surface area contributed by atoms with Gasteiger partial charge in [0.25, 0.3) is 10.0 Å². The summed E-state index contributed by atoms with van der Waals surface area (Å²) in [5, 5.41) is 2.10. The molecule has 0 bridgehead atoms. The maximum atomic E-state index is 12.1. The van der Waals surface area contributed by atoms with E-state index in [0.29, 0.717) is 22.0 Å². The van der Waals surface area contributed by atoms with Crippen molar-refractivity contribution in [3.63, 3.8) is 0 Å². The van der Waals surface area contributed by atoms with Gasteiger partial charge >= 0.3 is 0 Å². The lowest BCUT2D eigenvalue weighted by Gasteiger charge is -2.09. The average molecular weight is 303 g/mol. The zero-order valence-electron chi connectivity index (χ0n) is 9.48. The van der Waals surface area contributed by atoms with Crippen LogP contribution in [0.1, 0.15) is 5.56 Å². The van der Waals surface area contributed by atoms with Crippen molar-refractivity contribution >= 4 is 44.3 Å². The first kappa shape index (κ1) is 13.2. The van der Waals surface area contributed by atoms with Crippen molar-refractivity contribution in [2.45, 2.75) is 11.1 Å². The Hall–Kier alpha value is -1.24. The first-order chi connectivity index (χ1) is 8.40. The molecule has 96 valence electrons. The molecule has 0 radical (unpaired) electrons. The standard InChI is InChI=1S/C11H11ClN2O2S2/c1-7-9(12)3-2-4-10(7)14-18(15,16)11-5-8(13)6-17-11/h2-6,14H,13H2,1H3. The highest BCUT2D eigenvalue weighted by atomic mass is 35.5. The molecule has 0 unspecified atom stereocenters. The normalized spacial score (nSPS) is 11.4. The maximum absolute atomic E-state index is 12.1. The molecule has 0 saturated heterocycles. The van der Waals surface area contributed by atoms with Crippen LogP contribution in [-0.4, -0.2) is 8.42 Å². The van der Waals surface area contributed by atoms with Crippen LogP contribution in [0, 0.1) is 6.92 Å². The molecule has 3 N–H and O–H groups in total. The molecule has 0 saturated carbocycles. The molecule has 0 aliphatic rings. The van der Waals surface area contributed by atoms with Gasteiger partial charge in [-0.2, -0.15) is 0 Å². The van der Waals surface area contributed by atoms with Gasteiger partial charge in [-0.1, -0.05) is 17.7 Å². The van der Waals surface area contributed by atoms with Gasteiger partial charge in [0.2, 0.25) is 0 Å². The summed E-state index contributed by atoms with van der Waals surface area (Å²) >= 11 is 7.02. The van der Waals surface area contributed by atoms with E-state index in [0.717, 1.165) is 11.3 Å². The number of halogens is 1. The number of anilines is 2. The van der Waals surface area contributed by atoms with Crippen LogP contribution in [-0.2, 0) is 10.0 Å². The number of benzene rings is 1. The fraction of sp³-hybridized carbons (Fsp3) is 0.0909. The zero-order valence-corrected chi connectivity index (χ0v) is 11.9. The predicted molar refractivity (Wildman–Crippen MR) is 75.7 cm³/mol. The summed E-state index contributed by atoms with van der Waals surface area (Å²) in [6, 6.07) is 6.48. The summed E-state index contributed by atoms with van der Waals surface area (Å²) in [4.78, 5) is 0. The smallest absolute Gasteiger partial charge is 0.271 e. The van der Waals surface area contributed by atoms with Gasteiger partial charge in [-0.15, -0.1) is 11.3 Å². The van der Waals surface area contributed by atoms with Crippen LogP contribution in [0.15, 0.2) is 33.9 Å². The quantitative estimate of drug-likeness (QED) is 0.915. The van der Waals surface area contributed by atoms with E-state index in [1.807, 2.05) is 0 Å². The first-order valence-corrected chi connectivity index (χ1v) is 7.76. The molecule has 4 nitrogen and oxygen atoms in total. The van der Waals surface area contributed by atoms with Crippen LogP contribution in [0.4, 0.5) is 11.4 Å². The molecule has 0 amide bonds. The highest BCUT2D eigenvalue weighted by molar-refractivity contribution is 7.94. The van der Waals surface area contributed by atoms with Gasteiger partial charge in [-0.3, -0.25) is 4.72 Å². The Morgan fingerprint density at radius 3 is 2.72 bits per heavy atom. The minimum absolute atomic E-state index is 0.180. The van der Waals surface area contributed by atoms with Crippen molar-refractivity contribution in [3.8, 4) is 0 Å². The Morgan fingerprint density at radius 1 is 1.39 bits per heavy atom. The minimum atomic E-state index is -3.60. The molecular formula is C11H11ClN2O2S2. The largest absolute Gasteiger partial charge is 0.398 e. The van der Waals surface area contributed by atoms with E-state index in [2.05, 4.69) is 4.72 Å². The third kappa shape index (κ3) is 2.60. The molecule has 1 aromatic heterocycles. The minimum Gasteiger partial charge on any atom is -0.398 e. The van der Waals surface area contributed by atoms with E-state index in [1.54, 1.807) is 30.5 Å². The average Bonchev–Trinajstić information content (AvgIpc) is 2.72. The van der Waals surface area contributed by atoms with Crippen LogP contribution >= 0.6 is 22.9 Å². The Morgan fingerprint density at radius 2 is 2.11 bits per heavy atom. The number of nitrogens with one attached hydrogen (secondary N) is 1. The molecule has 18 heavy (non-hydrogen) atoms. The lowest BCUT2D eigenvalue weighted by molar-refractivity contribution is 0.603. The highest BCUT2D eigenvalue weighted by Gasteiger charge is 2.17. The predicted octanol–water partition coefficient (Wildman–Crippen LogP) is 3.09. The van der Waals surface area contributed by atoms with Gasteiger partial charge in [0.1, 0.15) is 4.21 Å². The molecule has 1 aromatic carbocycles. The van der Waals surface area contributed by atoms with Gasteiger partial charge in [0.15, 0.2) is 0 Å². The van der Waals surface area contributed by atoms with Crippen molar-refractivity contribution in [3.05, 3.63) is 40.2 Å². The van der Waals surface area contributed by atoms with Crippen molar-refractivity contribution in [1.29, 1.82) is 0 Å². The molecule has 7 heteroatoms. The summed E-state index contributed by atoms with van der Waals surface area (Å²) in [6.45, 7) is 1.75. The lowest BCUT2D eigenvalue weighted by atomic mass is 10.2. The SMILES string of the molecule is Cc1c(Cl)cccc1NS(=O)(=O)c1cc(N)cs1. The molecule has 0 atom stereocenters. The molecule has 1 heterocycles. The number of thiophene rings is 1. The monoisotopic (exact) mass is 302 g/mol. The Labute approximate surface area is 114 Å². The van der Waals surface area contributed by atoms with Crippen molar-refractivity contribution in [2.24, 2.45) is 0 Å². The van der Waals surface area contributed by atoms with E-state index < -0.39 is 10.0 Å². The molecule has 0 fully saturated rings. The molecule has 2 rings (SSSR count). The number of hydrogen-bond donors (Lipinski definition) is 2. The van der Waals surface area contributed by atoms with Crippen molar-refractivity contribution in [2.75, 3.05) is 10.5 Å². The van der Waals surface area contributed by atoms with E-state index in [1.165, 1.54) is 6.07 Å². The van der Waals surface area contributed by atoms with Gasteiger partial charge < -0.3 is 5.73 Å². The van der Waals surface area contributed by atoms with Crippen LogP contribution in [0.25, 0.3) is 0 Å². The Kier molecular flexibility index (Phi) is 3.52. The van der Waals surface area contributed by atoms with E-state index >= 15 is 0 Å². The maximum Gasteiger partial charge on any atom is 0.271 e. The topological polar surface area (TPSA) is 72.2 Å². The number of rotatable bonds is 3. The van der Waals surface area contributed by atoms with Crippen molar-refractivity contribution in [1.82, 2.24) is 0 Å². The number of nitrogen functional groups attached to an aromatic ring is 1. The second-order valence-corrected chi connectivity index (χ2v) is 6.94. The molecule has 0 aliphatic heterocycles. The van der Waals surface area contributed by atoms with Gasteiger partial charge in [0.05, 0.1) is 5.69 Å². The lowest BCUT2D eigenvalue weighted by Crippen LogP contribution is -2.12. The molecule has 0 spiro atoms. The zero-order chi connectivity index (χ0) is 13.3. The second-order valence-electron chi connectivity index (χ2n) is 3.72. The fourth-order valence-corrected chi connectivity index (χ4v) is 3.76. The van der Waals surface area contributed by atoms with Gasteiger partial charge in [-0.05, 0) is 30.7 Å². The van der Waals surface area contributed by atoms with Crippen LogP contribution in [0.2, 0.25) is 5.02 Å². The second kappa shape index (κ2) is 4.79. The molecule has 0 aliphatic carbocycles. The summed E-state index contributed by atoms with van der Waals surface area (Å²) in [5.74, 6) is 0. The molecule has 2 aromatic rings. The van der Waals surface area contributed by atoms with Crippen molar-refractivity contribution < 1.29 is 8.42 Å². The summed E-state index contributed by atoms with van der Waals surface area (Å²) < 4.78 is 26.8. The fourth-order valence-electron chi connectivity index (χ4n) is 1.38. The van der Waals surface area contributed by atoms with E-state index in [-0.39, 0.29) is 4.21 Å². The van der Waals surface area contributed by atoms with Crippen LogP contribution in [0.5, 0.6) is 0 Å². The number of hydrogen-bond acceptors (Lipinski definition) is 4. The van der Waals surface area contributed by atoms with Crippen LogP contribution < -0.4 is 10.5 Å². The van der Waals surface area contributed by atoms with Crippen LogP contribution in [0.3, 0.4) is 0 Å². The number of sulfonamides is 1. The van der Waals surface area contributed by atoms with Gasteiger partial charge in [-0.25, -0.2) is 8.42 Å². The highest BCUT2D eigenvalue weighted by Crippen LogP contribution is 2.28. The third-order valence-electron chi connectivity index (χ3n) is 2.37. The van der Waals surface area contributed by atoms with Gasteiger partial charge in [0, 0.05) is 16.1 Å². The Bertz CT molecular complexity index is 680.